The van der Waals surface area contributed by atoms with Crippen LogP contribution in [-0.4, -0.2) is 26.2 Å². The highest BCUT2D eigenvalue weighted by atomic mass is 16.5. The van der Waals surface area contributed by atoms with Crippen LogP contribution in [0.3, 0.4) is 0 Å². The SMILES string of the molecule is COC(=O)C[C@@H](C)c1ccc(C(=O)OC)cc1. The molecule has 0 aromatic heterocycles. The van der Waals surface area contributed by atoms with Crippen LogP contribution in [0.2, 0.25) is 0 Å². The number of rotatable bonds is 4. The summed E-state index contributed by atoms with van der Waals surface area (Å²) < 4.78 is 9.21. The Labute approximate surface area is 101 Å². The van der Waals surface area contributed by atoms with Crippen molar-refractivity contribution in [3.63, 3.8) is 0 Å². The molecule has 4 heteroatoms. The average molecular weight is 236 g/mol. The fraction of sp³-hybridized carbons (Fsp3) is 0.385. The van der Waals surface area contributed by atoms with Gasteiger partial charge in [-0.25, -0.2) is 4.79 Å². The molecule has 0 aliphatic rings. The first kappa shape index (κ1) is 13.2. The zero-order chi connectivity index (χ0) is 12.8. The number of carbonyl (C=O) groups excluding carboxylic acids is 2. The molecule has 0 heterocycles. The topological polar surface area (TPSA) is 52.6 Å². The van der Waals surface area contributed by atoms with E-state index in [1.165, 1.54) is 14.2 Å². The Bertz CT molecular complexity index is 394. The van der Waals surface area contributed by atoms with E-state index in [-0.39, 0.29) is 17.9 Å². The Morgan fingerprint density at radius 3 is 2.18 bits per heavy atom. The van der Waals surface area contributed by atoms with E-state index in [2.05, 4.69) is 9.47 Å². The van der Waals surface area contributed by atoms with Crippen LogP contribution in [0.25, 0.3) is 0 Å². The third kappa shape index (κ3) is 3.59. The van der Waals surface area contributed by atoms with E-state index in [9.17, 15) is 9.59 Å². The van der Waals surface area contributed by atoms with Crippen LogP contribution in [0.15, 0.2) is 24.3 Å². The van der Waals surface area contributed by atoms with E-state index in [0.29, 0.717) is 12.0 Å². The average Bonchev–Trinajstić information content (AvgIpc) is 2.37. The summed E-state index contributed by atoms with van der Waals surface area (Å²) in [6.07, 6.45) is 0.327. The van der Waals surface area contributed by atoms with Crippen molar-refractivity contribution >= 4 is 11.9 Å². The Morgan fingerprint density at radius 2 is 1.71 bits per heavy atom. The van der Waals surface area contributed by atoms with Gasteiger partial charge in [-0.15, -0.1) is 0 Å². The summed E-state index contributed by atoms with van der Waals surface area (Å²) in [7, 11) is 2.71. The van der Waals surface area contributed by atoms with Gasteiger partial charge in [0.25, 0.3) is 0 Å². The summed E-state index contributed by atoms with van der Waals surface area (Å²) in [4.78, 5) is 22.3. The quantitative estimate of drug-likeness (QED) is 0.751. The number of methoxy groups -OCH3 is 2. The molecule has 1 rings (SSSR count). The van der Waals surface area contributed by atoms with Gasteiger partial charge in [0, 0.05) is 0 Å². The molecule has 0 aliphatic heterocycles. The first-order valence-corrected chi connectivity index (χ1v) is 5.33. The van der Waals surface area contributed by atoms with Gasteiger partial charge >= 0.3 is 11.9 Å². The van der Waals surface area contributed by atoms with Crippen LogP contribution >= 0.6 is 0 Å². The Kier molecular flexibility index (Phi) is 4.69. The maximum absolute atomic E-state index is 11.2. The molecule has 0 unspecified atom stereocenters. The zero-order valence-electron chi connectivity index (χ0n) is 10.2. The van der Waals surface area contributed by atoms with E-state index in [1.807, 2.05) is 19.1 Å². The predicted molar refractivity (Wildman–Crippen MR) is 62.8 cm³/mol. The van der Waals surface area contributed by atoms with Gasteiger partial charge in [-0.3, -0.25) is 4.79 Å². The van der Waals surface area contributed by atoms with E-state index in [0.717, 1.165) is 5.56 Å². The van der Waals surface area contributed by atoms with Gasteiger partial charge in [-0.1, -0.05) is 19.1 Å². The third-order valence-corrected chi connectivity index (χ3v) is 2.60. The molecule has 0 saturated heterocycles. The molecule has 4 nitrogen and oxygen atoms in total. The minimum absolute atomic E-state index is 0.0640. The van der Waals surface area contributed by atoms with Gasteiger partial charge in [0.2, 0.25) is 0 Å². The molecule has 1 aromatic rings. The van der Waals surface area contributed by atoms with Crippen molar-refractivity contribution in [1.29, 1.82) is 0 Å². The van der Waals surface area contributed by atoms with Crippen molar-refractivity contribution in [2.24, 2.45) is 0 Å². The number of hydrogen-bond acceptors (Lipinski definition) is 4. The highest BCUT2D eigenvalue weighted by Crippen LogP contribution is 2.20. The highest BCUT2D eigenvalue weighted by molar-refractivity contribution is 5.89. The Balaban J connectivity index is 2.73. The molecule has 92 valence electrons. The molecular formula is C13H16O4. The van der Waals surface area contributed by atoms with Crippen molar-refractivity contribution in [3.8, 4) is 0 Å². The van der Waals surface area contributed by atoms with Crippen LogP contribution in [0.1, 0.15) is 35.2 Å². The lowest BCUT2D eigenvalue weighted by atomic mass is 9.97. The van der Waals surface area contributed by atoms with Gasteiger partial charge in [0.1, 0.15) is 0 Å². The molecule has 0 aliphatic carbocycles. The van der Waals surface area contributed by atoms with Gasteiger partial charge in [-0.2, -0.15) is 0 Å². The van der Waals surface area contributed by atoms with Gasteiger partial charge in [0.15, 0.2) is 0 Å². The van der Waals surface area contributed by atoms with Crippen LogP contribution in [-0.2, 0) is 14.3 Å². The second-order valence-electron chi connectivity index (χ2n) is 3.79. The molecule has 17 heavy (non-hydrogen) atoms. The van der Waals surface area contributed by atoms with Crippen molar-refractivity contribution < 1.29 is 19.1 Å². The molecule has 0 N–H and O–H groups in total. The summed E-state index contributed by atoms with van der Waals surface area (Å²) in [5, 5.41) is 0. The van der Waals surface area contributed by atoms with Crippen molar-refractivity contribution in [3.05, 3.63) is 35.4 Å². The first-order chi connectivity index (χ1) is 8.08. The monoisotopic (exact) mass is 236 g/mol. The molecule has 1 atom stereocenters. The van der Waals surface area contributed by atoms with E-state index >= 15 is 0 Å². The lowest BCUT2D eigenvalue weighted by Crippen LogP contribution is -2.06. The third-order valence-electron chi connectivity index (χ3n) is 2.60. The largest absolute Gasteiger partial charge is 0.469 e. The summed E-state index contributed by atoms with van der Waals surface area (Å²) in [5.74, 6) is -0.541. The number of benzene rings is 1. The summed E-state index contributed by atoms with van der Waals surface area (Å²) in [6, 6.07) is 7.02. The normalized spacial score (nSPS) is 11.7. The Hall–Kier alpha value is -1.84. The summed E-state index contributed by atoms with van der Waals surface area (Å²) in [6.45, 7) is 1.93. The van der Waals surface area contributed by atoms with Crippen LogP contribution in [0.4, 0.5) is 0 Å². The number of ether oxygens (including phenoxy) is 2. The molecule has 0 radical (unpaired) electrons. The lowest BCUT2D eigenvalue weighted by molar-refractivity contribution is -0.140. The zero-order valence-corrected chi connectivity index (χ0v) is 10.2. The van der Waals surface area contributed by atoms with Gasteiger partial charge in [0.05, 0.1) is 26.2 Å². The standard InChI is InChI=1S/C13H16O4/c1-9(8-12(14)16-2)10-4-6-11(7-5-10)13(15)17-3/h4-7,9H,8H2,1-3H3/t9-/m1/s1. The van der Waals surface area contributed by atoms with E-state index in [1.54, 1.807) is 12.1 Å². The maximum Gasteiger partial charge on any atom is 0.337 e. The number of hydrogen-bond donors (Lipinski definition) is 0. The number of carbonyl (C=O) groups is 2. The maximum atomic E-state index is 11.2. The molecule has 0 bridgehead atoms. The van der Waals surface area contributed by atoms with E-state index < -0.39 is 0 Å². The first-order valence-electron chi connectivity index (χ1n) is 5.33. The Morgan fingerprint density at radius 1 is 1.12 bits per heavy atom. The van der Waals surface area contributed by atoms with Crippen LogP contribution in [0.5, 0.6) is 0 Å². The highest BCUT2D eigenvalue weighted by Gasteiger charge is 2.12. The molecule has 0 amide bonds. The molecular weight excluding hydrogens is 220 g/mol. The van der Waals surface area contributed by atoms with Crippen molar-refractivity contribution in [2.75, 3.05) is 14.2 Å². The van der Waals surface area contributed by atoms with Crippen LogP contribution in [0, 0.1) is 0 Å². The predicted octanol–water partition coefficient (Wildman–Crippen LogP) is 2.14. The second-order valence-corrected chi connectivity index (χ2v) is 3.79. The molecule has 0 fully saturated rings. The molecule has 0 spiro atoms. The minimum atomic E-state index is -0.364. The second kappa shape index (κ2) is 6.03. The van der Waals surface area contributed by atoms with Gasteiger partial charge in [-0.05, 0) is 23.6 Å². The van der Waals surface area contributed by atoms with Gasteiger partial charge < -0.3 is 9.47 Å². The smallest absolute Gasteiger partial charge is 0.337 e. The molecule has 1 aromatic carbocycles. The fourth-order valence-electron chi connectivity index (χ4n) is 1.52. The summed E-state index contributed by atoms with van der Waals surface area (Å²) >= 11 is 0. The van der Waals surface area contributed by atoms with Crippen molar-refractivity contribution in [1.82, 2.24) is 0 Å². The van der Waals surface area contributed by atoms with Crippen molar-refractivity contribution in [2.45, 2.75) is 19.3 Å². The minimum Gasteiger partial charge on any atom is -0.469 e. The van der Waals surface area contributed by atoms with Crippen LogP contribution < -0.4 is 0 Å². The van der Waals surface area contributed by atoms with E-state index in [4.69, 9.17) is 0 Å². The summed E-state index contributed by atoms with van der Waals surface area (Å²) in [5.41, 5.74) is 1.49. The lowest BCUT2D eigenvalue weighted by Gasteiger charge is -2.10. The number of esters is 2. The fourth-order valence-corrected chi connectivity index (χ4v) is 1.52. The molecule has 0 saturated carbocycles.